The van der Waals surface area contributed by atoms with E-state index < -0.39 is 0 Å². The molecular weight excluding hydrogens is 320 g/mol. The fraction of sp³-hybridized carbons (Fsp3) is 0.188. The van der Waals surface area contributed by atoms with E-state index in [0.29, 0.717) is 24.5 Å². The molecule has 0 aliphatic carbocycles. The van der Waals surface area contributed by atoms with Gasteiger partial charge in [0, 0.05) is 10.0 Å². The SMILES string of the molecule is O=Cc1cc(Br)ccc1OCC1COc2ccccc21. The lowest BCUT2D eigenvalue weighted by Gasteiger charge is -2.12. The number of carbonyl (C=O) groups excluding carboxylic acids is 1. The van der Waals surface area contributed by atoms with Gasteiger partial charge in [0.15, 0.2) is 6.29 Å². The van der Waals surface area contributed by atoms with E-state index in [-0.39, 0.29) is 5.92 Å². The third kappa shape index (κ3) is 2.56. The number of aldehydes is 1. The highest BCUT2D eigenvalue weighted by molar-refractivity contribution is 9.10. The molecule has 2 aromatic rings. The normalized spacial score (nSPS) is 16.4. The van der Waals surface area contributed by atoms with E-state index in [1.807, 2.05) is 24.3 Å². The van der Waals surface area contributed by atoms with Crippen LogP contribution in [0.2, 0.25) is 0 Å². The zero-order valence-corrected chi connectivity index (χ0v) is 12.3. The van der Waals surface area contributed by atoms with Crippen LogP contribution in [-0.2, 0) is 0 Å². The highest BCUT2D eigenvalue weighted by Crippen LogP contribution is 2.34. The average molecular weight is 333 g/mol. The lowest BCUT2D eigenvalue weighted by atomic mass is 10.0. The molecule has 0 N–H and O–H groups in total. The molecule has 0 saturated carbocycles. The lowest BCUT2D eigenvalue weighted by Crippen LogP contribution is -2.12. The first-order valence-corrected chi connectivity index (χ1v) is 7.16. The van der Waals surface area contributed by atoms with Crippen molar-refractivity contribution in [2.45, 2.75) is 5.92 Å². The predicted molar refractivity (Wildman–Crippen MR) is 79.7 cm³/mol. The number of halogens is 1. The number of carbonyl (C=O) groups is 1. The van der Waals surface area contributed by atoms with Crippen molar-refractivity contribution in [3.05, 3.63) is 58.1 Å². The fourth-order valence-corrected chi connectivity index (χ4v) is 2.68. The first-order chi connectivity index (χ1) is 9.78. The van der Waals surface area contributed by atoms with Gasteiger partial charge < -0.3 is 9.47 Å². The maximum absolute atomic E-state index is 11.0. The Morgan fingerprint density at radius 1 is 1.30 bits per heavy atom. The molecule has 3 nitrogen and oxygen atoms in total. The molecule has 0 bridgehead atoms. The van der Waals surface area contributed by atoms with Crippen molar-refractivity contribution < 1.29 is 14.3 Å². The molecule has 0 radical (unpaired) electrons. The minimum atomic E-state index is 0.203. The Hall–Kier alpha value is -1.81. The van der Waals surface area contributed by atoms with Crippen LogP contribution in [0, 0.1) is 0 Å². The van der Waals surface area contributed by atoms with E-state index in [4.69, 9.17) is 9.47 Å². The van der Waals surface area contributed by atoms with Gasteiger partial charge in [0.2, 0.25) is 0 Å². The number of hydrogen-bond donors (Lipinski definition) is 0. The number of rotatable bonds is 4. The van der Waals surface area contributed by atoms with Crippen molar-refractivity contribution >= 4 is 22.2 Å². The summed E-state index contributed by atoms with van der Waals surface area (Å²) in [4.78, 5) is 11.0. The molecular formula is C16H13BrO3. The molecule has 1 atom stereocenters. The van der Waals surface area contributed by atoms with Crippen molar-refractivity contribution in [3.63, 3.8) is 0 Å². The zero-order chi connectivity index (χ0) is 13.9. The standard InChI is InChI=1S/C16H13BrO3/c17-13-5-6-15(11(7-13)8-18)19-9-12-10-20-16-4-2-1-3-14(12)16/h1-8,12H,9-10H2. The fourth-order valence-electron chi connectivity index (χ4n) is 2.30. The number of para-hydroxylation sites is 1. The summed E-state index contributed by atoms with van der Waals surface area (Å²) in [5.74, 6) is 1.73. The van der Waals surface area contributed by atoms with Crippen LogP contribution in [0.25, 0.3) is 0 Å². The van der Waals surface area contributed by atoms with Gasteiger partial charge in [-0.25, -0.2) is 0 Å². The number of benzene rings is 2. The second-order valence-corrected chi connectivity index (χ2v) is 5.57. The van der Waals surface area contributed by atoms with Gasteiger partial charge in [-0.15, -0.1) is 0 Å². The second kappa shape index (κ2) is 5.67. The average Bonchev–Trinajstić information content (AvgIpc) is 2.89. The summed E-state index contributed by atoms with van der Waals surface area (Å²) in [5.41, 5.74) is 1.71. The Balaban J connectivity index is 1.74. The van der Waals surface area contributed by atoms with Gasteiger partial charge in [-0.3, -0.25) is 4.79 Å². The van der Waals surface area contributed by atoms with Crippen LogP contribution in [0.3, 0.4) is 0 Å². The van der Waals surface area contributed by atoms with Gasteiger partial charge in [0.25, 0.3) is 0 Å². The summed E-state index contributed by atoms with van der Waals surface area (Å²) in [5, 5.41) is 0. The molecule has 0 saturated heterocycles. The van der Waals surface area contributed by atoms with Gasteiger partial charge in [0.1, 0.15) is 11.5 Å². The molecule has 102 valence electrons. The van der Waals surface area contributed by atoms with E-state index in [1.165, 1.54) is 0 Å². The highest BCUT2D eigenvalue weighted by Gasteiger charge is 2.24. The predicted octanol–water partition coefficient (Wildman–Crippen LogP) is 3.82. The van der Waals surface area contributed by atoms with E-state index in [1.54, 1.807) is 12.1 Å². The van der Waals surface area contributed by atoms with E-state index >= 15 is 0 Å². The van der Waals surface area contributed by atoms with E-state index in [0.717, 1.165) is 22.1 Å². The van der Waals surface area contributed by atoms with Gasteiger partial charge in [-0.2, -0.15) is 0 Å². The first kappa shape index (κ1) is 13.2. The van der Waals surface area contributed by atoms with Crippen molar-refractivity contribution in [3.8, 4) is 11.5 Å². The summed E-state index contributed by atoms with van der Waals surface area (Å²) in [7, 11) is 0. The molecule has 4 heteroatoms. The molecule has 1 heterocycles. The summed E-state index contributed by atoms with van der Waals surface area (Å²) in [6.45, 7) is 1.12. The minimum Gasteiger partial charge on any atom is -0.493 e. The van der Waals surface area contributed by atoms with Crippen LogP contribution in [0.5, 0.6) is 11.5 Å². The smallest absolute Gasteiger partial charge is 0.153 e. The van der Waals surface area contributed by atoms with Crippen molar-refractivity contribution in [1.82, 2.24) is 0 Å². The molecule has 2 aromatic carbocycles. The quantitative estimate of drug-likeness (QED) is 0.798. The molecule has 0 amide bonds. The van der Waals surface area contributed by atoms with Gasteiger partial charge in [-0.1, -0.05) is 34.1 Å². The van der Waals surface area contributed by atoms with Crippen molar-refractivity contribution in [2.75, 3.05) is 13.2 Å². The lowest BCUT2D eigenvalue weighted by molar-refractivity contribution is 0.111. The van der Waals surface area contributed by atoms with Gasteiger partial charge in [0.05, 0.1) is 24.7 Å². The van der Waals surface area contributed by atoms with E-state index in [2.05, 4.69) is 22.0 Å². The monoisotopic (exact) mass is 332 g/mol. The number of hydrogen-bond acceptors (Lipinski definition) is 3. The summed E-state index contributed by atoms with van der Waals surface area (Å²) < 4.78 is 12.3. The van der Waals surface area contributed by atoms with E-state index in [9.17, 15) is 4.79 Å². The summed E-state index contributed by atoms with van der Waals surface area (Å²) >= 11 is 3.34. The minimum absolute atomic E-state index is 0.203. The van der Waals surface area contributed by atoms with Crippen molar-refractivity contribution in [2.24, 2.45) is 0 Å². The zero-order valence-electron chi connectivity index (χ0n) is 10.7. The topological polar surface area (TPSA) is 35.5 Å². The molecule has 0 aromatic heterocycles. The Morgan fingerprint density at radius 3 is 3.00 bits per heavy atom. The van der Waals surface area contributed by atoms with Gasteiger partial charge in [-0.05, 0) is 24.3 Å². The molecule has 0 spiro atoms. The van der Waals surface area contributed by atoms with Crippen LogP contribution in [0.15, 0.2) is 46.9 Å². The Labute approximate surface area is 125 Å². The largest absolute Gasteiger partial charge is 0.493 e. The first-order valence-electron chi connectivity index (χ1n) is 6.37. The van der Waals surface area contributed by atoms with Crippen LogP contribution in [0.1, 0.15) is 21.8 Å². The molecule has 1 unspecified atom stereocenters. The van der Waals surface area contributed by atoms with Crippen LogP contribution >= 0.6 is 15.9 Å². The van der Waals surface area contributed by atoms with Crippen LogP contribution in [0.4, 0.5) is 0 Å². The third-order valence-electron chi connectivity index (χ3n) is 3.34. The second-order valence-electron chi connectivity index (χ2n) is 4.66. The van der Waals surface area contributed by atoms with Gasteiger partial charge >= 0.3 is 0 Å². The maximum Gasteiger partial charge on any atom is 0.153 e. The molecule has 1 aliphatic rings. The number of fused-ring (bicyclic) bond motifs is 1. The molecule has 0 fully saturated rings. The molecule has 20 heavy (non-hydrogen) atoms. The highest BCUT2D eigenvalue weighted by atomic mass is 79.9. The maximum atomic E-state index is 11.0. The Kier molecular flexibility index (Phi) is 3.74. The molecule has 1 aliphatic heterocycles. The Morgan fingerprint density at radius 2 is 2.15 bits per heavy atom. The Bertz CT molecular complexity index is 639. The van der Waals surface area contributed by atoms with Crippen LogP contribution in [-0.4, -0.2) is 19.5 Å². The molecule has 3 rings (SSSR count). The van der Waals surface area contributed by atoms with Crippen molar-refractivity contribution in [1.29, 1.82) is 0 Å². The van der Waals surface area contributed by atoms with Crippen LogP contribution < -0.4 is 9.47 Å². The summed E-state index contributed by atoms with van der Waals surface area (Å²) in [6, 6.07) is 13.4. The number of ether oxygens (including phenoxy) is 2. The third-order valence-corrected chi connectivity index (χ3v) is 3.83. The summed E-state index contributed by atoms with van der Waals surface area (Å²) in [6.07, 6.45) is 0.805.